The van der Waals surface area contributed by atoms with E-state index in [-0.39, 0.29) is 12.2 Å². The fourth-order valence-electron chi connectivity index (χ4n) is 1.75. The van der Waals surface area contributed by atoms with Gasteiger partial charge < -0.3 is 4.52 Å². The summed E-state index contributed by atoms with van der Waals surface area (Å²) in [6.07, 6.45) is 0. The van der Waals surface area contributed by atoms with Crippen LogP contribution in [-0.4, -0.2) is 24.9 Å². The Morgan fingerprint density at radius 1 is 1.21 bits per heavy atom. The third kappa shape index (κ3) is 2.17. The molecular formula is C12H11N5O2. The van der Waals surface area contributed by atoms with Gasteiger partial charge in [0.15, 0.2) is 0 Å². The van der Waals surface area contributed by atoms with Gasteiger partial charge in [-0.3, -0.25) is 0 Å². The molecule has 0 spiro atoms. The summed E-state index contributed by atoms with van der Waals surface area (Å²) < 4.78 is 7.43. The molecule has 0 unspecified atom stereocenters. The van der Waals surface area contributed by atoms with E-state index in [9.17, 15) is 4.79 Å². The zero-order chi connectivity index (χ0) is 13.2. The molecule has 0 bridgehead atoms. The smallest absolute Gasteiger partial charge is 0.361 e. The predicted molar refractivity (Wildman–Crippen MR) is 66.0 cm³/mol. The number of hydrogen-bond donors (Lipinski definition) is 0. The van der Waals surface area contributed by atoms with Crippen LogP contribution < -0.4 is 5.69 Å². The highest BCUT2D eigenvalue weighted by Gasteiger charge is 2.10. The number of aryl methyl sites for hydroxylation is 1. The fraction of sp³-hybridized carbons (Fsp3) is 0.167. The average Bonchev–Trinajstić information content (AvgIpc) is 2.99. The summed E-state index contributed by atoms with van der Waals surface area (Å²) in [5.74, 6) is 0.693. The van der Waals surface area contributed by atoms with Gasteiger partial charge in [0.2, 0.25) is 0 Å². The van der Waals surface area contributed by atoms with Crippen LogP contribution in [0.1, 0.15) is 11.5 Å². The van der Waals surface area contributed by atoms with Crippen LogP contribution in [0.4, 0.5) is 0 Å². The SMILES string of the molecule is Cc1cc(Cn2nnn(-c3ccccc3)c2=O)no1. The molecule has 0 N–H and O–H groups in total. The van der Waals surface area contributed by atoms with Crippen molar-refractivity contribution in [3.63, 3.8) is 0 Å². The Morgan fingerprint density at radius 2 is 2.00 bits per heavy atom. The summed E-state index contributed by atoms with van der Waals surface area (Å²) in [4.78, 5) is 12.1. The molecule has 7 nitrogen and oxygen atoms in total. The Hall–Kier alpha value is -2.70. The summed E-state index contributed by atoms with van der Waals surface area (Å²) in [7, 11) is 0. The molecule has 0 aliphatic heterocycles. The monoisotopic (exact) mass is 257 g/mol. The quantitative estimate of drug-likeness (QED) is 0.692. The normalized spacial score (nSPS) is 10.8. The van der Waals surface area contributed by atoms with Crippen LogP contribution in [-0.2, 0) is 6.54 Å². The first kappa shape index (κ1) is 11.4. The van der Waals surface area contributed by atoms with E-state index in [1.54, 1.807) is 25.1 Å². The Morgan fingerprint density at radius 3 is 2.68 bits per heavy atom. The fourth-order valence-corrected chi connectivity index (χ4v) is 1.75. The summed E-state index contributed by atoms with van der Waals surface area (Å²) >= 11 is 0. The maximum absolute atomic E-state index is 12.1. The van der Waals surface area contributed by atoms with Crippen LogP contribution in [0.5, 0.6) is 0 Å². The molecule has 0 atom stereocenters. The lowest BCUT2D eigenvalue weighted by Crippen LogP contribution is -2.24. The molecule has 0 fully saturated rings. The zero-order valence-corrected chi connectivity index (χ0v) is 10.2. The van der Waals surface area contributed by atoms with Crippen molar-refractivity contribution in [3.8, 4) is 5.69 Å². The molecule has 19 heavy (non-hydrogen) atoms. The lowest BCUT2D eigenvalue weighted by molar-refractivity contribution is 0.387. The summed E-state index contributed by atoms with van der Waals surface area (Å²) in [6.45, 7) is 2.03. The van der Waals surface area contributed by atoms with E-state index in [1.165, 1.54) is 9.36 Å². The number of tetrazole rings is 1. The van der Waals surface area contributed by atoms with Gasteiger partial charge in [-0.2, -0.15) is 9.36 Å². The first-order chi connectivity index (χ1) is 9.24. The van der Waals surface area contributed by atoms with E-state index in [1.807, 2.05) is 18.2 Å². The van der Waals surface area contributed by atoms with Crippen molar-refractivity contribution in [2.45, 2.75) is 13.5 Å². The van der Waals surface area contributed by atoms with Crippen molar-refractivity contribution in [2.75, 3.05) is 0 Å². The van der Waals surface area contributed by atoms with Crippen LogP contribution in [0.25, 0.3) is 5.69 Å². The van der Waals surface area contributed by atoms with Gasteiger partial charge in [0.05, 0.1) is 12.2 Å². The molecule has 7 heteroatoms. The maximum atomic E-state index is 12.1. The van der Waals surface area contributed by atoms with Crippen LogP contribution >= 0.6 is 0 Å². The highest BCUT2D eigenvalue weighted by molar-refractivity contribution is 5.28. The first-order valence-electron chi connectivity index (χ1n) is 5.74. The molecule has 2 heterocycles. The molecule has 0 aliphatic rings. The van der Waals surface area contributed by atoms with Crippen LogP contribution in [0.15, 0.2) is 45.7 Å². The Kier molecular flexibility index (Phi) is 2.71. The predicted octanol–water partition coefficient (Wildman–Crippen LogP) is 0.774. The molecule has 0 saturated carbocycles. The molecule has 2 aromatic heterocycles. The highest BCUT2D eigenvalue weighted by atomic mass is 16.5. The molecule has 0 aliphatic carbocycles. The summed E-state index contributed by atoms with van der Waals surface area (Å²) in [6, 6.07) is 10.9. The summed E-state index contributed by atoms with van der Waals surface area (Å²) in [5.41, 5.74) is 1.00. The first-order valence-corrected chi connectivity index (χ1v) is 5.74. The van der Waals surface area contributed by atoms with Crippen LogP contribution in [0.2, 0.25) is 0 Å². The topological polar surface area (TPSA) is 78.7 Å². The van der Waals surface area contributed by atoms with Gasteiger partial charge in [-0.15, -0.1) is 0 Å². The van der Waals surface area contributed by atoms with E-state index in [2.05, 4.69) is 15.6 Å². The number of benzene rings is 1. The number of rotatable bonds is 3. The highest BCUT2D eigenvalue weighted by Crippen LogP contribution is 2.03. The third-order valence-corrected chi connectivity index (χ3v) is 2.63. The molecule has 1 aromatic carbocycles. The van der Waals surface area contributed by atoms with Crippen molar-refractivity contribution >= 4 is 0 Å². The lowest BCUT2D eigenvalue weighted by Gasteiger charge is -1.96. The standard InChI is InChI=1S/C12H11N5O2/c1-9-7-10(13-19-9)8-16-12(18)17(15-14-16)11-5-3-2-4-6-11/h2-7H,8H2,1H3. The minimum Gasteiger partial charge on any atom is -0.361 e. The molecule has 0 amide bonds. The lowest BCUT2D eigenvalue weighted by atomic mass is 10.3. The molecule has 3 aromatic rings. The Bertz CT molecular complexity index is 741. The number of nitrogens with zero attached hydrogens (tertiary/aromatic N) is 5. The third-order valence-electron chi connectivity index (χ3n) is 2.63. The van der Waals surface area contributed by atoms with Gasteiger partial charge in [0.25, 0.3) is 0 Å². The number of para-hydroxylation sites is 1. The molecule has 96 valence electrons. The summed E-state index contributed by atoms with van der Waals surface area (Å²) in [5, 5.41) is 11.5. The van der Waals surface area contributed by atoms with E-state index < -0.39 is 0 Å². The largest absolute Gasteiger partial charge is 0.368 e. The molecular weight excluding hydrogens is 246 g/mol. The van der Waals surface area contributed by atoms with E-state index >= 15 is 0 Å². The second-order valence-corrected chi connectivity index (χ2v) is 4.10. The van der Waals surface area contributed by atoms with Crippen molar-refractivity contribution in [3.05, 3.63) is 58.3 Å². The minimum absolute atomic E-state index is 0.239. The maximum Gasteiger partial charge on any atom is 0.368 e. The average molecular weight is 257 g/mol. The minimum atomic E-state index is -0.313. The zero-order valence-electron chi connectivity index (χ0n) is 10.2. The van der Waals surface area contributed by atoms with Gasteiger partial charge in [-0.1, -0.05) is 23.4 Å². The van der Waals surface area contributed by atoms with Crippen LogP contribution in [0, 0.1) is 6.92 Å². The van der Waals surface area contributed by atoms with Gasteiger partial charge in [-0.25, -0.2) is 4.79 Å². The number of hydrogen-bond acceptors (Lipinski definition) is 5. The Balaban J connectivity index is 1.93. The molecule has 0 radical (unpaired) electrons. The van der Waals surface area contributed by atoms with E-state index in [0.717, 1.165) is 0 Å². The molecule has 0 saturated heterocycles. The van der Waals surface area contributed by atoms with E-state index in [4.69, 9.17) is 4.52 Å². The van der Waals surface area contributed by atoms with Crippen molar-refractivity contribution in [2.24, 2.45) is 0 Å². The molecule has 3 rings (SSSR count). The van der Waals surface area contributed by atoms with Crippen molar-refractivity contribution in [1.82, 2.24) is 24.9 Å². The van der Waals surface area contributed by atoms with E-state index in [0.29, 0.717) is 17.1 Å². The number of aromatic nitrogens is 5. The van der Waals surface area contributed by atoms with Gasteiger partial charge in [-0.05, 0) is 29.5 Å². The second kappa shape index (κ2) is 4.52. The Labute approximate surface area is 108 Å². The van der Waals surface area contributed by atoms with Crippen molar-refractivity contribution < 1.29 is 4.52 Å². The second-order valence-electron chi connectivity index (χ2n) is 4.10. The van der Waals surface area contributed by atoms with Gasteiger partial charge in [0, 0.05) is 6.07 Å². The van der Waals surface area contributed by atoms with Gasteiger partial charge in [0.1, 0.15) is 11.5 Å². The van der Waals surface area contributed by atoms with Crippen molar-refractivity contribution in [1.29, 1.82) is 0 Å². The van der Waals surface area contributed by atoms with Crippen LogP contribution in [0.3, 0.4) is 0 Å². The van der Waals surface area contributed by atoms with Gasteiger partial charge >= 0.3 is 5.69 Å².